The number of pyridine rings is 1. The van der Waals surface area contributed by atoms with Crippen molar-refractivity contribution in [2.24, 2.45) is 0 Å². The van der Waals surface area contributed by atoms with E-state index in [2.05, 4.69) is 15.2 Å². The molecule has 0 aliphatic carbocycles. The molecule has 6 nitrogen and oxygen atoms in total. The lowest BCUT2D eigenvalue weighted by atomic mass is 10.00. The first-order chi connectivity index (χ1) is 17.4. The minimum absolute atomic E-state index is 0.0562. The summed E-state index contributed by atoms with van der Waals surface area (Å²) in [5.41, 5.74) is 1.40. The van der Waals surface area contributed by atoms with E-state index in [-0.39, 0.29) is 16.8 Å². The molecule has 1 aliphatic rings. The second kappa shape index (κ2) is 10.0. The standard InChI is InChI=1S/C27H20ClF2N3O3/c28-19-3-1-2-17(11-19)27(35)32-20-13-22(25(30)23(29)14-20)26(34)16-4-5-24-18(10-16)12-21(15-31-24)33-6-8-36-9-7-33/h1-5,10-15H,6-9H2,(H,32,35). The molecule has 1 fully saturated rings. The molecule has 1 N–H and O–H groups in total. The van der Waals surface area contributed by atoms with E-state index in [1.165, 1.54) is 18.2 Å². The molecule has 0 bridgehead atoms. The van der Waals surface area contributed by atoms with Crippen LogP contribution in [0, 0.1) is 11.6 Å². The maximum atomic E-state index is 14.7. The Kier molecular flexibility index (Phi) is 6.63. The number of fused-ring (bicyclic) bond motifs is 1. The third-order valence-corrected chi connectivity index (χ3v) is 6.16. The van der Waals surface area contributed by atoms with Gasteiger partial charge >= 0.3 is 0 Å². The molecular formula is C27H20ClF2N3O3. The average Bonchev–Trinajstić information content (AvgIpc) is 2.90. The van der Waals surface area contributed by atoms with E-state index >= 15 is 0 Å². The van der Waals surface area contributed by atoms with Gasteiger partial charge in [-0.2, -0.15) is 0 Å². The van der Waals surface area contributed by atoms with E-state index < -0.39 is 28.9 Å². The molecule has 1 aromatic heterocycles. The van der Waals surface area contributed by atoms with E-state index in [1.807, 2.05) is 6.07 Å². The van der Waals surface area contributed by atoms with Gasteiger partial charge in [-0.05, 0) is 48.5 Å². The molecule has 1 amide bonds. The first-order valence-electron chi connectivity index (χ1n) is 11.2. The molecule has 0 atom stereocenters. The molecule has 182 valence electrons. The van der Waals surface area contributed by atoms with Gasteiger partial charge in [0.05, 0.1) is 36.2 Å². The minimum atomic E-state index is -1.29. The van der Waals surface area contributed by atoms with E-state index in [0.717, 1.165) is 30.9 Å². The van der Waals surface area contributed by atoms with Crippen LogP contribution in [0.3, 0.4) is 0 Å². The number of nitrogens with one attached hydrogen (secondary N) is 1. The van der Waals surface area contributed by atoms with Gasteiger partial charge in [0.1, 0.15) is 0 Å². The summed E-state index contributed by atoms with van der Waals surface area (Å²) in [6.45, 7) is 2.69. The van der Waals surface area contributed by atoms with Gasteiger partial charge in [0, 0.05) is 46.4 Å². The highest BCUT2D eigenvalue weighted by Crippen LogP contribution is 2.26. The third-order valence-electron chi connectivity index (χ3n) is 5.92. The van der Waals surface area contributed by atoms with Crippen molar-refractivity contribution in [3.63, 3.8) is 0 Å². The van der Waals surface area contributed by atoms with Crippen molar-refractivity contribution in [1.29, 1.82) is 0 Å². The molecule has 2 heterocycles. The molecule has 5 rings (SSSR count). The number of carbonyl (C=O) groups is 2. The lowest BCUT2D eigenvalue weighted by molar-refractivity contribution is 0.101. The van der Waals surface area contributed by atoms with Crippen molar-refractivity contribution in [1.82, 2.24) is 4.98 Å². The van der Waals surface area contributed by atoms with Crippen molar-refractivity contribution in [3.8, 4) is 0 Å². The van der Waals surface area contributed by atoms with Crippen LogP contribution >= 0.6 is 11.6 Å². The molecule has 0 unspecified atom stereocenters. The number of nitrogens with zero attached hydrogens (tertiary/aromatic N) is 2. The molecule has 1 saturated heterocycles. The zero-order valence-corrected chi connectivity index (χ0v) is 19.7. The minimum Gasteiger partial charge on any atom is -0.378 e. The van der Waals surface area contributed by atoms with Gasteiger partial charge in [-0.3, -0.25) is 14.6 Å². The summed E-state index contributed by atoms with van der Waals surface area (Å²) < 4.78 is 34.5. The molecular weight excluding hydrogens is 488 g/mol. The van der Waals surface area contributed by atoms with Gasteiger partial charge in [-0.15, -0.1) is 0 Å². The van der Waals surface area contributed by atoms with Crippen molar-refractivity contribution in [2.75, 3.05) is 36.5 Å². The number of rotatable bonds is 5. The smallest absolute Gasteiger partial charge is 0.255 e. The first kappa shape index (κ1) is 23.8. The van der Waals surface area contributed by atoms with E-state index in [1.54, 1.807) is 30.5 Å². The fourth-order valence-corrected chi connectivity index (χ4v) is 4.26. The summed E-state index contributed by atoms with van der Waals surface area (Å²) in [6, 6.07) is 14.8. The second-order valence-electron chi connectivity index (χ2n) is 8.31. The van der Waals surface area contributed by atoms with Gasteiger partial charge < -0.3 is 15.0 Å². The summed E-state index contributed by atoms with van der Waals surface area (Å²) in [4.78, 5) is 32.3. The molecule has 0 saturated carbocycles. The maximum Gasteiger partial charge on any atom is 0.255 e. The molecule has 4 aromatic rings. The van der Waals surface area contributed by atoms with Crippen molar-refractivity contribution in [3.05, 3.63) is 100 Å². The largest absolute Gasteiger partial charge is 0.378 e. The lowest BCUT2D eigenvalue weighted by Crippen LogP contribution is -2.36. The molecule has 3 aromatic carbocycles. The third kappa shape index (κ3) is 4.91. The Hall–Kier alpha value is -3.88. The Balaban J connectivity index is 1.45. The number of carbonyl (C=O) groups excluding carboxylic acids is 2. The number of hydrogen-bond donors (Lipinski definition) is 1. The van der Waals surface area contributed by atoms with Crippen LogP contribution in [0.5, 0.6) is 0 Å². The number of halogens is 3. The van der Waals surface area contributed by atoms with Gasteiger partial charge in [-0.25, -0.2) is 8.78 Å². The molecule has 0 spiro atoms. The van der Waals surface area contributed by atoms with Gasteiger partial charge in [-0.1, -0.05) is 17.7 Å². The summed E-state index contributed by atoms with van der Waals surface area (Å²) in [6.07, 6.45) is 1.76. The van der Waals surface area contributed by atoms with Crippen LogP contribution in [-0.4, -0.2) is 43.0 Å². The van der Waals surface area contributed by atoms with E-state index in [9.17, 15) is 18.4 Å². The topological polar surface area (TPSA) is 71.5 Å². The van der Waals surface area contributed by atoms with Crippen LogP contribution in [0.4, 0.5) is 20.2 Å². The summed E-state index contributed by atoms with van der Waals surface area (Å²) in [5.74, 6) is -3.83. The highest BCUT2D eigenvalue weighted by Gasteiger charge is 2.21. The van der Waals surface area contributed by atoms with Crippen LogP contribution in [-0.2, 0) is 4.74 Å². The Morgan fingerprint density at radius 2 is 1.78 bits per heavy atom. The van der Waals surface area contributed by atoms with Crippen molar-refractivity contribution < 1.29 is 23.1 Å². The fraction of sp³-hybridized carbons (Fsp3) is 0.148. The number of aromatic nitrogens is 1. The number of ketones is 1. The number of morpholine rings is 1. The van der Waals surface area contributed by atoms with E-state index in [4.69, 9.17) is 16.3 Å². The van der Waals surface area contributed by atoms with Gasteiger partial charge in [0.25, 0.3) is 5.91 Å². The predicted molar refractivity (Wildman–Crippen MR) is 134 cm³/mol. The zero-order chi connectivity index (χ0) is 25.2. The number of anilines is 2. The molecule has 36 heavy (non-hydrogen) atoms. The van der Waals surface area contributed by atoms with Crippen LogP contribution in [0.1, 0.15) is 26.3 Å². The van der Waals surface area contributed by atoms with Crippen molar-refractivity contribution >= 4 is 45.6 Å². The maximum absolute atomic E-state index is 14.7. The van der Waals surface area contributed by atoms with E-state index in [0.29, 0.717) is 29.1 Å². The first-order valence-corrected chi connectivity index (χ1v) is 11.6. The lowest BCUT2D eigenvalue weighted by Gasteiger charge is -2.28. The molecule has 0 radical (unpaired) electrons. The Bertz CT molecular complexity index is 1490. The Morgan fingerprint density at radius 3 is 2.56 bits per heavy atom. The normalized spacial score (nSPS) is 13.6. The number of amides is 1. The molecule has 1 aliphatic heterocycles. The monoisotopic (exact) mass is 507 g/mol. The number of ether oxygens (including phenoxy) is 1. The summed E-state index contributed by atoms with van der Waals surface area (Å²) in [7, 11) is 0. The van der Waals surface area contributed by atoms with Crippen LogP contribution in [0.15, 0.2) is 66.9 Å². The average molecular weight is 508 g/mol. The highest BCUT2D eigenvalue weighted by molar-refractivity contribution is 6.31. The number of benzene rings is 3. The SMILES string of the molecule is O=C(Nc1cc(F)c(F)c(C(=O)c2ccc3ncc(N4CCOCC4)cc3c2)c1)c1cccc(Cl)c1. The van der Waals surface area contributed by atoms with Crippen LogP contribution in [0.2, 0.25) is 5.02 Å². The molecule has 9 heteroatoms. The second-order valence-corrected chi connectivity index (χ2v) is 8.75. The Labute approximate surface area is 210 Å². The zero-order valence-electron chi connectivity index (χ0n) is 18.9. The fourth-order valence-electron chi connectivity index (χ4n) is 4.07. The summed E-state index contributed by atoms with van der Waals surface area (Å²) in [5, 5.41) is 3.54. The van der Waals surface area contributed by atoms with Gasteiger partial charge in [0.15, 0.2) is 17.4 Å². The number of hydrogen-bond acceptors (Lipinski definition) is 5. The van der Waals surface area contributed by atoms with Crippen molar-refractivity contribution in [2.45, 2.75) is 0 Å². The highest BCUT2D eigenvalue weighted by atomic mass is 35.5. The van der Waals surface area contributed by atoms with Crippen LogP contribution < -0.4 is 10.2 Å². The quantitative estimate of drug-likeness (QED) is 0.362. The van der Waals surface area contributed by atoms with Gasteiger partial charge in [0.2, 0.25) is 0 Å². The predicted octanol–water partition coefficient (Wildman–Crippen LogP) is 5.49. The van der Waals surface area contributed by atoms with Crippen LogP contribution in [0.25, 0.3) is 10.9 Å². The summed E-state index contributed by atoms with van der Waals surface area (Å²) >= 11 is 5.92. The Morgan fingerprint density at radius 1 is 0.972 bits per heavy atom.